The zero-order valence-electron chi connectivity index (χ0n) is 13.8. The van der Waals surface area contributed by atoms with Crippen LogP contribution in [0.15, 0.2) is 60.8 Å². The minimum absolute atomic E-state index is 0.583. The molecule has 0 saturated carbocycles. The van der Waals surface area contributed by atoms with E-state index in [0.29, 0.717) is 6.04 Å². The molecule has 0 amide bonds. The Labute approximate surface area is 138 Å². The molecule has 23 heavy (non-hydrogen) atoms. The number of benzene rings is 2. The van der Waals surface area contributed by atoms with Crippen molar-refractivity contribution in [3.63, 3.8) is 0 Å². The predicted molar refractivity (Wildman–Crippen MR) is 96.1 cm³/mol. The summed E-state index contributed by atoms with van der Waals surface area (Å²) in [5.74, 6) is 0. The van der Waals surface area contributed by atoms with Gasteiger partial charge in [0.25, 0.3) is 0 Å². The second-order valence-electron chi connectivity index (χ2n) is 7.15. The molecule has 0 radical (unpaired) electrons. The van der Waals surface area contributed by atoms with Gasteiger partial charge in [-0.15, -0.1) is 0 Å². The molecule has 1 unspecified atom stereocenters. The maximum Gasteiger partial charge on any atom is 0.117 e. The molecule has 1 aliphatic rings. The van der Waals surface area contributed by atoms with Gasteiger partial charge < -0.3 is 9.47 Å². The number of aromatic amines is 1. The molecular formula is C21H25N2+. The van der Waals surface area contributed by atoms with Crippen LogP contribution in [0.25, 0.3) is 10.9 Å². The number of piperidine rings is 1. The van der Waals surface area contributed by atoms with E-state index < -0.39 is 0 Å². The van der Waals surface area contributed by atoms with E-state index in [0.717, 1.165) is 11.0 Å². The molecule has 1 aromatic heterocycles. The molecule has 2 atom stereocenters. The van der Waals surface area contributed by atoms with Crippen molar-refractivity contribution in [1.29, 1.82) is 0 Å². The highest BCUT2D eigenvalue weighted by Crippen LogP contribution is 2.40. The molecule has 3 aromatic rings. The highest BCUT2D eigenvalue weighted by Gasteiger charge is 2.37. The molecule has 2 heteroatoms. The monoisotopic (exact) mass is 305 g/mol. The summed E-state index contributed by atoms with van der Waals surface area (Å²) < 4.78 is 1.12. The van der Waals surface area contributed by atoms with E-state index in [4.69, 9.17) is 0 Å². The lowest BCUT2D eigenvalue weighted by Gasteiger charge is -2.45. The highest BCUT2D eigenvalue weighted by atomic mass is 15.4. The maximum absolute atomic E-state index is 3.48. The van der Waals surface area contributed by atoms with Crippen molar-refractivity contribution in [3.05, 3.63) is 71.9 Å². The van der Waals surface area contributed by atoms with Crippen molar-refractivity contribution in [2.75, 3.05) is 13.6 Å². The van der Waals surface area contributed by atoms with Crippen LogP contribution < -0.4 is 0 Å². The van der Waals surface area contributed by atoms with E-state index in [1.54, 1.807) is 0 Å². The molecule has 0 spiro atoms. The van der Waals surface area contributed by atoms with Gasteiger partial charge in [-0.2, -0.15) is 0 Å². The van der Waals surface area contributed by atoms with Crippen molar-refractivity contribution in [2.24, 2.45) is 0 Å². The fraction of sp³-hybridized carbons (Fsp3) is 0.333. The van der Waals surface area contributed by atoms with Gasteiger partial charge in [0.05, 0.1) is 13.6 Å². The molecule has 1 aliphatic heterocycles. The summed E-state index contributed by atoms with van der Waals surface area (Å²) >= 11 is 0. The number of hydrogen-bond acceptors (Lipinski definition) is 0. The van der Waals surface area contributed by atoms with Crippen molar-refractivity contribution in [2.45, 2.75) is 31.8 Å². The normalized spacial score (nSPS) is 24.8. The number of likely N-dealkylation sites (tertiary alicyclic amines) is 1. The lowest BCUT2D eigenvalue weighted by atomic mass is 9.91. The molecular weight excluding hydrogens is 280 g/mol. The summed E-state index contributed by atoms with van der Waals surface area (Å²) in [6, 6.07) is 20.3. The van der Waals surface area contributed by atoms with Gasteiger partial charge in [-0.05, 0) is 18.9 Å². The van der Waals surface area contributed by atoms with E-state index in [2.05, 4.69) is 72.8 Å². The van der Waals surface area contributed by atoms with Crippen LogP contribution in [0.4, 0.5) is 0 Å². The molecule has 1 saturated heterocycles. The third-order valence-electron chi connectivity index (χ3n) is 5.52. The Kier molecular flexibility index (Phi) is 3.70. The first kappa shape index (κ1) is 14.5. The van der Waals surface area contributed by atoms with E-state index >= 15 is 0 Å². The quantitative estimate of drug-likeness (QED) is 0.653. The largest absolute Gasteiger partial charge is 0.361 e. The van der Waals surface area contributed by atoms with E-state index in [1.807, 2.05) is 0 Å². The summed E-state index contributed by atoms with van der Waals surface area (Å²) in [5.41, 5.74) is 4.21. The fourth-order valence-corrected chi connectivity index (χ4v) is 4.33. The van der Waals surface area contributed by atoms with Gasteiger partial charge in [0.15, 0.2) is 0 Å². The van der Waals surface area contributed by atoms with Crippen molar-refractivity contribution in [3.8, 4) is 0 Å². The zero-order chi connectivity index (χ0) is 15.7. The second-order valence-corrected chi connectivity index (χ2v) is 7.15. The number of H-pyrrole nitrogens is 1. The Morgan fingerprint density at radius 1 is 1.00 bits per heavy atom. The number of fused-ring (bicyclic) bond motifs is 1. The standard InChI is InChI=1S/C21H25N2/c1-23(16-17-9-3-2-4-10-17)14-8-7-13-21(23)19-15-22-20-12-6-5-11-18(19)20/h2-6,9-12,15,21-22H,7-8,13-14,16H2,1H3/q+1/t21-,23?/m0/s1. The van der Waals surface area contributed by atoms with E-state index in [1.165, 1.54) is 47.8 Å². The second kappa shape index (κ2) is 5.86. The number of aromatic nitrogens is 1. The predicted octanol–water partition coefficient (Wildman–Crippen LogP) is 5.04. The zero-order valence-corrected chi connectivity index (χ0v) is 13.8. The first-order valence-corrected chi connectivity index (χ1v) is 8.70. The summed E-state index contributed by atoms with van der Waals surface area (Å²) in [5, 5.41) is 1.40. The van der Waals surface area contributed by atoms with Crippen molar-refractivity contribution < 1.29 is 4.48 Å². The van der Waals surface area contributed by atoms with Crippen molar-refractivity contribution >= 4 is 10.9 Å². The third-order valence-corrected chi connectivity index (χ3v) is 5.52. The van der Waals surface area contributed by atoms with Gasteiger partial charge in [0.2, 0.25) is 0 Å². The summed E-state index contributed by atoms with van der Waals surface area (Å²) in [7, 11) is 2.44. The van der Waals surface area contributed by atoms with Crippen LogP contribution in [-0.4, -0.2) is 23.1 Å². The van der Waals surface area contributed by atoms with Gasteiger partial charge in [-0.25, -0.2) is 0 Å². The molecule has 4 rings (SSSR count). The van der Waals surface area contributed by atoms with Crippen LogP contribution in [0.5, 0.6) is 0 Å². The smallest absolute Gasteiger partial charge is 0.117 e. The maximum atomic E-state index is 3.48. The minimum atomic E-state index is 0.583. The van der Waals surface area contributed by atoms with Crippen LogP contribution in [0, 0.1) is 0 Å². The van der Waals surface area contributed by atoms with Gasteiger partial charge in [-0.1, -0.05) is 48.5 Å². The number of para-hydroxylation sites is 1. The van der Waals surface area contributed by atoms with Gasteiger partial charge in [-0.3, -0.25) is 0 Å². The number of nitrogens with one attached hydrogen (secondary N) is 1. The molecule has 1 N–H and O–H groups in total. The van der Waals surface area contributed by atoms with Crippen LogP contribution >= 0.6 is 0 Å². The number of nitrogens with zero attached hydrogens (tertiary/aromatic N) is 1. The average molecular weight is 305 g/mol. The summed E-state index contributed by atoms with van der Waals surface area (Å²) in [4.78, 5) is 3.48. The average Bonchev–Trinajstić information content (AvgIpc) is 3.00. The lowest BCUT2D eigenvalue weighted by Crippen LogP contribution is -2.49. The first-order valence-electron chi connectivity index (χ1n) is 8.70. The number of rotatable bonds is 3. The van der Waals surface area contributed by atoms with E-state index in [9.17, 15) is 0 Å². The first-order chi connectivity index (χ1) is 11.3. The molecule has 2 aromatic carbocycles. The Morgan fingerprint density at radius 3 is 2.65 bits per heavy atom. The molecule has 2 nitrogen and oxygen atoms in total. The van der Waals surface area contributed by atoms with Gasteiger partial charge in [0.1, 0.15) is 12.6 Å². The SMILES string of the molecule is C[N+]1(Cc2ccccc2)CCCC[C@H]1c1c[nH]c2ccccc12. The molecule has 1 fully saturated rings. The van der Waals surface area contributed by atoms with Gasteiger partial charge in [0, 0.05) is 34.6 Å². The Hall–Kier alpha value is -2.06. The molecule has 118 valence electrons. The molecule has 2 heterocycles. The number of quaternary nitrogens is 1. The Bertz CT molecular complexity index is 790. The van der Waals surface area contributed by atoms with E-state index in [-0.39, 0.29) is 0 Å². The topological polar surface area (TPSA) is 15.8 Å². The molecule has 0 bridgehead atoms. The Morgan fingerprint density at radius 2 is 1.78 bits per heavy atom. The van der Waals surface area contributed by atoms with Crippen LogP contribution in [-0.2, 0) is 6.54 Å². The fourth-order valence-electron chi connectivity index (χ4n) is 4.33. The summed E-state index contributed by atoms with van der Waals surface area (Å²) in [6.07, 6.45) is 6.21. The van der Waals surface area contributed by atoms with Crippen molar-refractivity contribution in [1.82, 2.24) is 4.98 Å². The Balaban J connectivity index is 1.73. The van der Waals surface area contributed by atoms with Crippen LogP contribution in [0.2, 0.25) is 0 Å². The van der Waals surface area contributed by atoms with Crippen LogP contribution in [0.1, 0.15) is 36.4 Å². The lowest BCUT2D eigenvalue weighted by molar-refractivity contribution is -0.956. The van der Waals surface area contributed by atoms with Crippen LogP contribution in [0.3, 0.4) is 0 Å². The third kappa shape index (κ3) is 2.68. The van der Waals surface area contributed by atoms with Gasteiger partial charge >= 0.3 is 0 Å². The number of hydrogen-bond donors (Lipinski definition) is 1. The molecule has 0 aliphatic carbocycles. The minimum Gasteiger partial charge on any atom is -0.361 e. The highest BCUT2D eigenvalue weighted by molar-refractivity contribution is 5.83. The summed E-state index contributed by atoms with van der Waals surface area (Å²) in [6.45, 7) is 2.38.